The topological polar surface area (TPSA) is 120 Å². The van der Waals surface area contributed by atoms with Crippen molar-refractivity contribution >= 4 is 19.8 Å². The number of esters is 2. The molecule has 2 atom stereocenters. The molecule has 286 valence electrons. The van der Waals surface area contributed by atoms with Gasteiger partial charge in [0.1, 0.15) is 6.61 Å². The van der Waals surface area contributed by atoms with Gasteiger partial charge in [0.15, 0.2) is 6.10 Å². The van der Waals surface area contributed by atoms with Crippen LogP contribution in [0.2, 0.25) is 0 Å². The molecule has 0 aromatic heterocycles. The van der Waals surface area contributed by atoms with E-state index in [1.165, 1.54) is 128 Å². The molecule has 0 aliphatic heterocycles. The summed E-state index contributed by atoms with van der Waals surface area (Å²) in [6, 6.07) is 0. The lowest BCUT2D eigenvalue weighted by atomic mass is 10.0. The van der Waals surface area contributed by atoms with E-state index in [0.29, 0.717) is 19.4 Å². The van der Waals surface area contributed by atoms with Crippen molar-refractivity contribution in [1.82, 2.24) is 5.32 Å². The van der Waals surface area contributed by atoms with Crippen LogP contribution in [-0.2, 0) is 32.7 Å². The number of carbonyl (C=O) groups excluding carboxylic acids is 2. The molecule has 0 aliphatic carbocycles. The molecule has 2 N–H and O–H groups in total. The predicted molar refractivity (Wildman–Crippen MR) is 197 cm³/mol. The van der Waals surface area contributed by atoms with Gasteiger partial charge in [-0.3, -0.25) is 18.6 Å². The summed E-state index contributed by atoms with van der Waals surface area (Å²) in [4.78, 5) is 34.9. The van der Waals surface area contributed by atoms with Crippen LogP contribution in [0.3, 0.4) is 0 Å². The average Bonchev–Trinajstić information content (AvgIpc) is 3.06. The number of phosphoric ester groups is 1. The van der Waals surface area contributed by atoms with Gasteiger partial charge >= 0.3 is 19.8 Å². The summed E-state index contributed by atoms with van der Waals surface area (Å²) in [5.41, 5.74) is 0. The van der Waals surface area contributed by atoms with Crippen LogP contribution < -0.4 is 5.32 Å². The van der Waals surface area contributed by atoms with Crippen LogP contribution in [-0.4, -0.2) is 56.3 Å². The third kappa shape index (κ3) is 34.9. The van der Waals surface area contributed by atoms with Gasteiger partial charge in [-0.15, -0.1) is 0 Å². The number of rotatable bonds is 38. The minimum atomic E-state index is -4.33. The molecule has 9 nitrogen and oxygen atoms in total. The van der Waals surface area contributed by atoms with Crippen LogP contribution in [0.1, 0.15) is 194 Å². The van der Waals surface area contributed by atoms with Crippen molar-refractivity contribution in [3.05, 3.63) is 0 Å². The highest BCUT2D eigenvalue weighted by atomic mass is 31.2. The number of nitrogens with one attached hydrogen (secondary N) is 1. The Morgan fingerprint density at radius 2 is 0.938 bits per heavy atom. The number of hydrogen-bond donors (Lipinski definition) is 2. The molecule has 10 heteroatoms. The number of carbonyl (C=O) groups is 2. The molecular formula is C38H76NO8P. The maximum absolute atomic E-state index is 12.6. The van der Waals surface area contributed by atoms with E-state index >= 15 is 0 Å². The van der Waals surface area contributed by atoms with Crippen molar-refractivity contribution in [1.29, 1.82) is 0 Å². The number of hydrogen-bond acceptors (Lipinski definition) is 8. The van der Waals surface area contributed by atoms with Crippen LogP contribution in [0.15, 0.2) is 0 Å². The largest absolute Gasteiger partial charge is 0.472 e. The molecule has 0 rings (SSSR count). The number of likely N-dealkylation sites (N-methyl/N-ethyl adjacent to an activating group) is 1. The molecule has 0 amide bonds. The summed E-state index contributed by atoms with van der Waals surface area (Å²) in [7, 11) is -2.63. The predicted octanol–water partition coefficient (Wildman–Crippen LogP) is 10.8. The fourth-order valence-corrected chi connectivity index (χ4v) is 6.42. The van der Waals surface area contributed by atoms with Gasteiger partial charge in [0.05, 0.1) is 13.2 Å². The molecule has 1 unspecified atom stereocenters. The van der Waals surface area contributed by atoms with E-state index in [4.69, 9.17) is 18.5 Å². The van der Waals surface area contributed by atoms with Gasteiger partial charge < -0.3 is 19.7 Å². The van der Waals surface area contributed by atoms with Gasteiger partial charge in [-0.25, -0.2) is 4.57 Å². The Morgan fingerprint density at radius 3 is 1.33 bits per heavy atom. The molecule has 0 saturated heterocycles. The van der Waals surface area contributed by atoms with Crippen molar-refractivity contribution in [2.45, 2.75) is 200 Å². The summed E-state index contributed by atoms with van der Waals surface area (Å²) in [5, 5.41) is 2.82. The Labute approximate surface area is 295 Å². The van der Waals surface area contributed by atoms with Crippen LogP contribution in [0, 0.1) is 0 Å². The smallest absolute Gasteiger partial charge is 0.462 e. The Kier molecular flexibility index (Phi) is 35.1. The summed E-state index contributed by atoms with van der Waals surface area (Å²) in [6.07, 6.45) is 31.4. The fourth-order valence-electron chi connectivity index (χ4n) is 5.67. The Hall–Kier alpha value is -0.990. The molecule has 0 aromatic rings. The molecular weight excluding hydrogens is 629 g/mol. The van der Waals surface area contributed by atoms with Gasteiger partial charge in [0.2, 0.25) is 0 Å². The number of phosphoric acid groups is 1. The van der Waals surface area contributed by atoms with Crippen LogP contribution in [0.25, 0.3) is 0 Å². The van der Waals surface area contributed by atoms with E-state index in [-0.39, 0.29) is 25.6 Å². The first-order chi connectivity index (χ1) is 23.3. The Balaban J connectivity index is 4.24. The van der Waals surface area contributed by atoms with Crippen molar-refractivity contribution in [3.8, 4) is 0 Å². The second kappa shape index (κ2) is 35.8. The Morgan fingerprint density at radius 1 is 0.562 bits per heavy atom. The highest BCUT2D eigenvalue weighted by molar-refractivity contribution is 7.47. The van der Waals surface area contributed by atoms with Gasteiger partial charge in [-0.1, -0.05) is 168 Å². The summed E-state index contributed by atoms with van der Waals surface area (Å²) in [5.74, 6) is -0.795. The lowest BCUT2D eigenvalue weighted by molar-refractivity contribution is -0.161. The number of unbranched alkanes of at least 4 members (excludes halogenated alkanes) is 24. The van der Waals surface area contributed by atoms with E-state index in [0.717, 1.165) is 32.1 Å². The zero-order valence-corrected chi connectivity index (χ0v) is 32.4. The third-order valence-corrected chi connectivity index (χ3v) is 9.71. The third-order valence-electron chi connectivity index (χ3n) is 8.73. The molecule has 0 aromatic carbocycles. The van der Waals surface area contributed by atoms with E-state index < -0.39 is 26.5 Å². The van der Waals surface area contributed by atoms with Gasteiger partial charge in [0, 0.05) is 19.4 Å². The normalized spacial score (nSPS) is 13.3. The van der Waals surface area contributed by atoms with Gasteiger partial charge in [-0.05, 0) is 19.9 Å². The quantitative estimate of drug-likeness (QED) is 0.0367. The molecule has 0 aliphatic rings. The van der Waals surface area contributed by atoms with Gasteiger partial charge in [-0.2, -0.15) is 0 Å². The average molecular weight is 706 g/mol. The second-order valence-corrected chi connectivity index (χ2v) is 14.9. The maximum atomic E-state index is 12.6. The minimum absolute atomic E-state index is 0.0120. The zero-order chi connectivity index (χ0) is 35.4. The van der Waals surface area contributed by atoms with E-state index in [9.17, 15) is 19.0 Å². The highest BCUT2D eigenvalue weighted by Crippen LogP contribution is 2.43. The van der Waals surface area contributed by atoms with Crippen molar-refractivity contribution in [2.75, 3.05) is 33.4 Å². The number of ether oxygens (including phenoxy) is 2. The lowest BCUT2D eigenvalue weighted by Crippen LogP contribution is -2.29. The van der Waals surface area contributed by atoms with Crippen molar-refractivity contribution < 1.29 is 37.6 Å². The van der Waals surface area contributed by atoms with E-state index in [1.54, 1.807) is 7.05 Å². The summed E-state index contributed by atoms with van der Waals surface area (Å²) < 4.78 is 33.1. The Bertz CT molecular complexity index is 769. The summed E-state index contributed by atoms with van der Waals surface area (Å²) >= 11 is 0. The lowest BCUT2D eigenvalue weighted by Gasteiger charge is -2.20. The molecule has 0 heterocycles. The van der Waals surface area contributed by atoms with Crippen molar-refractivity contribution in [3.63, 3.8) is 0 Å². The van der Waals surface area contributed by atoms with Crippen LogP contribution in [0.5, 0.6) is 0 Å². The highest BCUT2D eigenvalue weighted by Gasteiger charge is 2.26. The van der Waals surface area contributed by atoms with Crippen LogP contribution >= 0.6 is 7.82 Å². The SMILES string of the molecule is CCCCCCCCCCCCCCCC(=O)OC[C@H](COP(=O)(O)OCCNC)OC(=O)CCCCCCCCCCCCCCC. The first-order valence-electron chi connectivity index (χ1n) is 20.0. The first kappa shape index (κ1) is 47.0. The summed E-state index contributed by atoms with van der Waals surface area (Å²) in [6.45, 7) is 4.24. The molecule has 0 spiro atoms. The maximum Gasteiger partial charge on any atom is 0.472 e. The molecule has 0 bridgehead atoms. The monoisotopic (exact) mass is 706 g/mol. The second-order valence-electron chi connectivity index (χ2n) is 13.5. The molecule has 48 heavy (non-hydrogen) atoms. The fraction of sp³-hybridized carbons (Fsp3) is 0.947. The first-order valence-corrected chi connectivity index (χ1v) is 21.5. The standard InChI is InChI=1S/C38H76NO8P/c1-4-6-8-10-12-14-16-18-20-22-24-26-28-30-37(40)44-34-36(35-46-48(42,43)45-33-32-39-3)47-38(41)31-29-27-25-23-21-19-17-15-13-11-9-7-5-2/h36,39H,4-35H2,1-3H3,(H,42,43)/t36-/m1/s1. The molecule has 0 radical (unpaired) electrons. The van der Waals surface area contributed by atoms with E-state index in [2.05, 4.69) is 19.2 Å². The van der Waals surface area contributed by atoms with Crippen LogP contribution in [0.4, 0.5) is 0 Å². The minimum Gasteiger partial charge on any atom is -0.462 e. The zero-order valence-electron chi connectivity index (χ0n) is 31.5. The molecule has 0 saturated carbocycles. The molecule has 0 fully saturated rings. The van der Waals surface area contributed by atoms with Gasteiger partial charge in [0.25, 0.3) is 0 Å². The van der Waals surface area contributed by atoms with Crippen molar-refractivity contribution in [2.24, 2.45) is 0 Å². The van der Waals surface area contributed by atoms with E-state index in [1.807, 2.05) is 0 Å².